The van der Waals surface area contributed by atoms with Crippen molar-refractivity contribution in [1.29, 1.82) is 0 Å². The largest absolute Gasteiger partial charge is 0.350 e. The molecule has 0 aliphatic heterocycles. The fourth-order valence-electron chi connectivity index (χ4n) is 1.97. The molecule has 2 amide bonds. The Morgan fingerprint density at radius 2 is 1.45 bits per heavy atom. The van der Waals surface area contributed by atoms with Gasteiger partial charge in [0.1, 0.15) is 5.82 Å². The number of carbonyl (C=O) groups is 2. The van der Waals surface area contributed by atoms with E-state index in [0.717, 1.165) is 5.56 Å². The highest BCUT2D eigenvalue weighted by molar-refractivity contribution is 5.95. The van der Waals surface area contributed by atoms with E-state index < -0.39 is 5.82 Å². The van der Waals surface area contributed by atoms with E-state index in [9.17, 15) is 14.0 Å². The van der Waals surface area contributed by atoms with Gasteiger partial charge >= 0.3 is 0 Å². The third kappa shape index (κ3) is 4.41. The molecule has 0 atom stereocenters. The van der Waals surface area contributed by atoms with E-state index in [4.69, 9.17) is 0 Å². The molecule has 2 aromatic carbocycles. The van der Waals surface area contributed by atoms with Crippen LogP contribution in [0.4, 0.5) is 4.39 Å². The third-order valence-electron chi connectivity index (χ3n) is 3.06. The maximum Gasteiger partial charge on any atom is 0.251 e. The molecule has 2 aromatic rings. The molecule has 0 unspecified atom stereocenters. The van der Waals surface area contributed by atoms with Gasteiger partial charge in [-0.15, -0.1) is 0 Å². The van der Waals surface area contributed by atoms with Gasteiger partial charge in [0.05, 0.1) is 0 Å². The average molecular weight is 300 g/mol. The number of aryl methyl sites for hydroxylation is 1. The van der Waals surface area contributed by atoms with Gasteiger partial charge in [-0.2, -0.15) is 0 Å². The van der Waals surface area contributed by atoms with Gasteiger partial charge < -0.3 is 10.6 Å². The number of hydrogen-bond acceptors (Lipinski definition) is 2. The monoisotopic (exact) mass is 300 g/mol. The number of rotatable bonds is 5. The summed E-state index contributed by atoms with van der Waals surface area (Å²) in [5, 5.41) is 5.34. The normalized spacial score (nSPS) is 10.1. The highest BCUT2D eigenvalue weighted by atomic mass is 19.1. The quantitative estimate of drug-likeness (QED) is 0.832. The van der Waals surface area contributed by atoms with Crippen molar-refractivity contribution in [3.63, 3.8) is 0 Å². The summed E-state index contributed by atoms with van der Waals surface area (Å²) in [6, 6.07) is 12.7. The molecule has 5 heteroatoms. The van der Waals surface area contributed by atoms with Crippen molar-refractivity contribution in [3.8, 4) is 0 Å². The van der Waals surface area contributed by atoms with E-state index in [-0.39, 0.29) is 23.9 Å². The SMILES string of the molecule is Cc1cccc(C(=O)NCCNC(=O)c2cccc(F)c2)c1. The van der Waals surface area contributed by atoms with Crippen LogP contribution < -0.4 is 10.6 Å². The molecule has 0 saturated heterocycles. The summed E-state index contributed by atoms with van der Waals surface area (Å²) in [7, 11) is 0. The molecule has 0 aromatic heterocycles. The van der Waals surface area contributed by atoms with Crippen LogP contribution in [-0.2, 0) is 0 Å². The summed E-state index contributed by atoms with van der Waals surface area (Å²) < 4.78 is 13.0. The van der Waals surface area contributed by atoms with Crippen LogP contribution in [0.25, 0.3) is 0 Å². The molecular weight excluding hydrogens is 283 g/mol. The minimum Gasteiger partial charge on any atom is -0.350 e. The van der Waals surface area contributed by atoms with E-state index in [1.807, 2.05) is 19.1 Å². The van der Waals surface area contributed by atoms with Crippen LogP contribution in [0.3, 0.4) is 0 Å². The van der Waals surface area contributed by atoms with Crippen molar-refractivity contribution in [2.45, 2.75) is 6.92 Å². The fourth-order valence-corrected chi connectivity index (χ4v) is 1.97. The molecule has 2 N–H and O–H groups in total. The van der Waals surface area contributed by atoms with Crippen LogP contribution >= 0.6 is 0 Å². The molecule has 4 nitrogen and oxygen atoms in total. The van der Waals surface area contributed by atoms with Crippen LogP contribution in [0.2, 0.25) is 0 Å². The first-order valence-electron chi connectivity index (χ1n) is 6.95. The van der Waals surface area contributed by atoms with E-state index in [1.165, 1.54) is 24.3 Å². The zero-order chi connectivity index (χ0) is 15.9. The maximum atomic E-state index is 13.0. The Bertz CT molecular complexity index is 626. The predicted molar refractivity (Wildman–Crippen MR) is 82.2 cm³/mol. The average Bonchev–Trinajstić information content (AvgIpc) is 2.51. The second-order valence-electron chi connectivity index (χ2n) is 4.89. The van der Waals surface area contributed by atoms with Crippen molar-refractivity contribution in [2.24, 2.45) is 0 Å². The van der Waals surface area contributed by atoms with E-state index in [2.05, 4.69) is 10.6 Å². The van der Waals surface area contributed by atoms with Crippen molar-refractivity contribution in [2.75, 3.05) is 13.1 Å². The van der Waals surface area contributed by atoms with Crippen LogP contribution in [0.15, 0.2) is 48.5 Å². The molecule has 0 bridgehead atoms. The Labute approximate surface area is 128 Å². The Hall–Kier alpha value is -2.69. The lowest BCUT2D eigenvalue weighted by Crippen LogP contribution is -2.34. The lowest BCUT2D eigenvalue weighted by Gasteiger charge is -2.08. The van der Waals surface area contributed by atoms with Crippen molar-refractivity contribution < 1.29 is 14.0 Å². The van der Waals surface area contributed by atoms with Crippen molar-refractivity contribution in [3.05, 3.63) is 71.0 Å². The van der Waals surface area contributed by atoms with Gasteiger partial charge in [0, 0.05) is 24.2 Å². The Balaban J connectivity index is 1.77. The molecular formula is C17H17FN2O2. The maximum absolute atomic E-state index is 13.0. The predicted octanol–water partition coefficient (Wildman–Crippen LogP) is 2.29. The number of carbonyl (C=O) groups excluding carboxylic acids is 2. The van der Waals surface area contributed by atoms with Gasteiger partial charge in [-0.1, -0.05) is 23.8 Å². The first kappa shape index (κ1) is 15.7. The van der Waals surface area contributed by atoms with Crippen LogP contribution in [-0.4, -0.2) is 24.9 Å². The first-order chi connectivity index (χ1) is 10.6. The van der Waals surface area contributed by atoms with Gasteiger partial charge in [0.25, 0.3) is 11.8 Å². The van der Waals surface area contributed by atoms with Gasteiger partial charge in [-0.05, 0) is 37.3 Å². The zero-order valence-electron chi connectivity index (χ0n) is 12.2. The number of hydrogen-bond donors (Lipinski definition) is 2. The molecule has 0 radical (unpaired) electrons. The summed E-state index contributed by atoms with van der Waals surface area (Å²) in [6.45, 7) is 2.48. The molecule has 0 aliphatic carbocycles. The van der Waals surface area contributed by atoms with Crippen LogP contribution in [0.5, 0.6) is 0 Å². The Morgan fingerprint density at radius 3 is 2.00 bits per heavy atom. The fraction of sp³-hybridized carbons (Fsp3) is 0.176. The summed E-state index contributed by atoms with van der Waals surface area (Å²) in [5.74, 6) is -1.02. The second-order valence-corrected chi connectivity index (χ2v) is 4.89. The van der Waals surface area contributed by atoms with E-state index >= 15 is 0 Å². The van der Waals surface area contributed by atoms with Crippen molar-refractivity contribution in [1.82, 2.24) is 10.6 Å². The van der Waals surface area contributed by atoms with E-state index in [0.29, 0.717) is 12.1 Å². The molecule has 0 spiro atoms. The molecule has 114 valence electrons. The lowest BCUT2D eigenvalue weighted by molar-refractivity contribution is 0.0927. The topological polar surface area (TPSA) is 58.2 Å². The number of benzene rings is 2. The third-order valence-corrected chi connectivity index (χ3v) is 3.06. The highest BCUT2D eigenvalue weighted by Crippen LogP contribution is 2.04. The molecule has 0 fully saturated rings. The smallest absolute Gasteiger partial charge is 0.251 e. The van der Waals surface area contributed by atoms with Gasteiger partial charge in [0.2, 0.25) is 0 Å². The molecule has 0 heterocycles. The van der Waals surface area contributed by atoms with Crippen LogP contribution in [0, 0.1) is 12.7 Å². The summed E-state index contributed by atoms with van der Waals surface area (Å²) >= 11 is 0. The van der Waals surface area contributed by atoms with Gasteiger partial charge in [-0.25, -0.2) is 4.39 Å². The van der Waals surface area contributed by atoms with Gasteiger partial charge in [0.15, 0.2) is 0 Å². The Morgan fingerprint density at radius 1 is 0.909 bits per heavy atom. The summed E-state index contributed by atoms with van der Waals surface area (Å²) in [4.78, 5) is 23.6. The Kier molecular flexibility index (Phi) is 5.25. The summed E-state index contributed by atoms with van der Waals surface area (Å²) in [5.41, 5.74) is 1.84. The summed E-state index contributed by atoms with van der Waals surface area (Å²) in [6.07, 6.45) is 0. The first-order valence-corrected chi connectivity index (χ1v) is 6.95. The molecule has 22 heavy (non-hydrogen) atoms. The van der Waals surface area contributed by atoms with Gasteiger partial charge in [-0.3, -0.25) is 9.59 Å². The second kappa shape index (κ2) is 7.36. The molecule has 0 aliphatic rings. The standard InChI is InChI=1S/C17H17FN2O2/c1-12-4-2-5-13(10-12)16(21)19-8-9-20-17(22)14-6-3-7-15(18)11-14/h2-7,10-11H,8-9H2,1H3,(H,19,21)(H,20,22). The van der Waals surface area contributed by atoms with Crippen molar-refractivity contribution >= 4 is 11.8 Å². The minimum atomic E-state index is -0.458. The number of halogens is 1. The van der Waals surface area contributed by atoms with E-state index in [1.54, 1.807) is 12.1 Å². The highest BCUT2D eigenvalue weighted by Gasteiger charge is 2.07. The molecule has 0 saturated carbocycles. The number of amides is 2. The number of nitrogens with one attached hydrogen (secondary N) is 2. The minimum absolute atomic E-state index is 0.191. The van der Waals surface area contributed by atoms with Crippen LogP contribution in [0.1, 0.15) is 26.3 Å². The lowest BCUT2D eigenvalue weighted by atomic mass is 10.1. The zero-order valence-corrected chi connectivity index (χ0v) is 12.2. The molecule has 2 rings (SSSR count).